The summed E-state index contributed by atoms with van der Waals surface area (Å²) in [4.78, 5) is 13.1. The molecule has 0 amide bonds. The number of aromatic nitrogens is 1. The van der Waals surface area contributed by atoms with E-state index in [4.69, 9.17) is 11.6 Å². The Bertz CT molecular complexity index is 1230. The van der Waals surface area contributed by atoms with Gasteiger partial charge in [-0.2, -0.15) is 5.10 Å². The summed E-state index contributed by atoms with van der Waals surface area (Å²) in [5.74, 6) is -0.556. The number of fused-ring (bicyclic) bond motifs is 1. The van der Waals surface area contributed by atoms with Gasteiger partial charge in [0.2, 0.25) is 5.78 Å². The number of pyridine rings is 1. The predicted molar refractivity (Wildman–Crippen MR) is 115 cm³/mol. The molecule has 0 saturated carbocycles. The van der Waals surface area contributed by atoms with Crippen LogP contribution in [0.3, 0.4) is 0 Å². The van der Waals surface area contributed by atoms with Crippen LogP contribution in [-0.4, -0.2) is 16.4 Å². The van der Waals surface area contributed by atoms with Gasteiger partial charge in [-0.25, -0.2) is 4.39 Å². The van der Waals surface area contributed by atoms with Crippen molar-refractivity contribution in [3.8, 4) is 0 Å². The molecule has 2 aromatic heterocycles. The molecule has 1 N–H and O–H groups in total. The third kappa shape index (κ3) is 3.65. The number of nitrogens with zero attached hydrogens (tertiary/aromatic N) is 2. The van der Waals surface area contributed by atoms with Gasteiger partial charge in [0, 0.05) is 17.3 Å². The van der Waals surface area contributed by atoms with E-state index in [2.05, 4.69) is 10.5 Å². The molecule has 2 aromatic carbocycles. The Hall–Kier alpha value is -3.44. The van der Waals surface area contributed by atoms with Gasteiger partial charge in [-0.05, 0) is 61.0 Å². The van der Waals surface area contributed by atoms with Crippen molar-refractivity contribution in [2.45, 2.75) is 6.92 Å². The molecule has 0 saturated heterocycles. The van der Waals surface area contributed by atoms with Crippen molar-refractivity contribution in [3.63, 3.8) is 0 Å². The summed E-state index contributed by atoms with van der Waals surface area (Å²) in [6.07, 6.45) is 3.51. The normalized spacial score (nSPS) is 11.3. The number of anilines is 1. The van der Waals surface area contributed by atoms with Crippen LogP contribution >= 0.6 is 11.6 Å². The summed E-state index contributed by atoms with van der Waals surface area (Å²) < 4.78 is 15.1. The number of hydrogen-bond acceptors (Lipinski definition) is 3. The van der Waals surface area contributed by atoms with Gasteiger partial charge in [-0.1, -0.05) is 29.8 Å². The highest BCUT2D eigenvalue weighted by molar-refractivity contribution is 6.33. The fourth-order valence-electron chi connectivity index (χ4n) is 3.26. The number of hydrazone groups is 1. The zero-order valence-electron chi connectivity index (χ0n) is 15.6. The number of para-hydroxylation sites is 1. The summed E-state index contributed by atoms with van der Waals surface area (Å²) in [6.45, 7) is 1.88. The molecule has 0 spiro atoms. The summed E-state index contributed by atoms with van der Waals surface area (Å²) in [7, 11) is 0. The summed E-state index contributed by atoms with van der Waals surface area (Å²) >= 11 is 6.15. The van der Waals surface area contributed by atoms with Gasteiger partial charge < -0.3 is 4.40 Å². The van der Waals surface area contributed by atoms with Crippen LogP contribution in [0.4, 0.5) is 10.1 Å². The lowest BCUT2D eigenvalue weighted by Gasteiger charge is -2.04. The molecule has 0 unspecified atom stereocenters. The number of carbonyl (C=O) groups excluding carboxylic acids is 1. The van der Waals surface area contributed by atoms with Crippen LogP contribution < -0.4 is 5.43 Å². The Labute approximate surface area is 172 Å². The zero-order chi connectivity index (χ0) is 20.4. The second-order valence-corrected chi connectivity index (χ2v) is 6.94. The maximum atomic E-state index is 13.2. The minimum Gasteiger partial charge on any atom is -0.313 e. The molecule has 6 heteroatoms. The number of hydrogen-bond donors (Lipinski definition) is 1. The molecule has 0 fully saturated rings. The lowest BCUT2D eigenvalue weighted by atomic mass is 10.0. The number of rotatable bonds is 5. The van der Waals surface area contributed by atoms with Crippen LogP contribution in [0.25, 0.3) is 5.52 Å². The van der Waals surface area contributed by atoms with Crippen LogP contribution in [0.1, 0.15) is 27.2 Å². The van der Waals surface area contributed by atoms with Crippen molar-refractivity contribution in [3.05, 3.63) is 106 Å². The van der Waals surface area contributed by atoms with E-state index in [-0.39, 0.29) is 11.6 Å². The van der Waals surface area contributed by atoms with Gasteiger partial charge in [0.05, 0.1) is 28.1 Å². The lowest BCUT2D eigenvalue weighted by molar-refractivity contribution is 0.103. The first-order valence-electron chi connectivity index (χ1n) is 9.00. The second kappa shape index (κ2) is 7.89. The third-order valence-corrected chi connectivity index (χ3v) is 5.04. The molecule has 4 nitrogen and oxygen atoms in total. The van der Waals surface area contributed by atoms with E-state index in [9.17, 15) is 9.18 Å². The van der Waals surface area contributed by atoms with Crippen molar-refractivity contribution < 1.29 is 9.18 Å². The van der Waals surface area contributed by atoms with Gasteiger partial charge in [-0.3, -0.25) is 10.2 Å². The highest BCUT2D eigenvalue weighted by Crippen LogP contribution is 2.25. The fraction of sp³-hybridized carbons (Fsp3) is 0.0435. The lowest BCUT2D eigenvalue weighted by Crippen LogP contribution is -2.07. The third-order valence-electron chi connectivity index (χ3n) is 4.71. The highest BCUT2D eigenvalue weighted by Gasteiger charge is 2.20. The van der Waals surface area contributed by atoms with E-state index in [0.717, 1.165) is 16.6 Å². The molecule has 2 heterocycles. The van der Waals surface area contributed by atoms with Crippen molar-refractivity contribution in [1.29, 1.82) is 0 Å². The average Bonchev–Trinajstić information content (AvgIpc) is 3.01. The Morgan fingerprint density at radius 3 is 2.55 bits per heavy atom. The Kier molecular flexibility index (Phi) is 5.14. The molecule has 144 valence electrons. The summed E-state index contributed by atoms with van der Waals surface area (Å²) in [6, 6.07) is 18.5. The molecule has 4 rings (SSSR count). The largest absolute Gasteiger partial charge is 0.313 e. The highest BCUT2D eigenvalue weighted by atomic mass is 35.5. The fourth-order valence-corrected chi connectivity index (χ4v) is 3.43. The maximum absolute atomic E-state index is 13.2. The SMILES string of the molecule is Cc1c(/C=N\Nc2ccccc2Cl)c2ccccn2c1C(=O)c1ccc(F)cc1. The molecule has 4 aromatic rings. The summed E-state index contributed by atoms with van der Waals surface area (Å²) in [5, 5.41) is 4.87. The molecule has 0 radical (unpaired) electrons. The van der Waals surface area contributed by atoms with Crippen LogP contribution in [0, 0.1) is 12.7 Å². The molecule has 0 bridgehead atoms. The number of carbonyl (C=O) groups is 1. The Balaban J connectivity index is 1.75. The second-order valence-electron chi connectivity index (χ2n) is 6.53. The van der Waals surface area contributed by atoms with E-state index in [0.29, 0.717) is 22.0 Å². The van der Waals surface area contributed by atoms with Crippen LogP contribution in [0.15, 0.2) is 78.0 Å². The molecular weight excluding hydrogens is 389 g/mol. The van der Waals surface area contributed by atoms with E-state index in [1.807, 2.05) is 53.9 Å². The molecule has 0 aliphatic carbocycles. The standard InChI is InChI=1S/C23H17ClFN3O/c1-15-18(14-26-27-20-7-3-2-6-19(20)24)21-8-4-5-13-28(21)22(15)23(29)16-9-11-17(25)12-10-16/h2-14,27H,1H3/b26-14-. The minimum atomic E-state index is -0.378. The molecule has 29 heavy (non-hydrogen) atoms. The van der Waals surface area contributed by atoms with Gasteiger partial charge in [0.25, 0.3) is 0 Å². The number of ketones is 1. The first-order chi connectivity index (χ1) is 14.1. The topological polar surface area (TPSA) is 45.9 Å². The Morgan fingerprint density at radius 1 is 1.07 bits per heavy atom. The zero-order valence-corrected chi connectivity index (χ0v) is 16.3. The maximum Gasteiger partial charge on any atom is 0.210 e. The number of nitrogens with one attached hydrogen (secondary N) is 1. The van der Waals surface area contributed by atoms with Gasteiger partial charge >= 0.3 is 0 Å². The minimum absolute atomic E-state index is 0.178. The molecule has 0 aliphatic rings. The molecular formula is C23H17ClFN3O. The van der Waals surface area contributed by atoms with Gasteiger partial charge in [0.15, 0.2) is 0 Å². The Morgan fingerprint density at radius 2 is 1.79 bits per heavy atom. The quantitative estimate of drug-likeness (QED) is 0.262. The van der Waals surface area contributed by atoms with Gasteiger partial charge in [-0.15, -0.1) is 0 Å². The number of benzene rings is 2. The van der Waals surface area contributed by atoms with Crippen LogP contribution in [0.2, 0.25) is 5.02 Å². The van der Waals surface area contributed by atoms with E-state index in [1.165, 1.54) is 24.3 Å². The van der Waals surface area contributed by atoms with Crippen molar-refractivity contribution in [1.82, 2.24) is 4.40 Å². The van der Waals surface area contributed by atoms with Crippen molar-refractivity contribution >= 4 is 34.8 Å². The van der Waals surface area contributed by atoms with Gasteiger partial charge in [0.1, 0.15) is 5.82 Å². The first kappa shape index (κ1) is 18.9. The van der Waals surface area contributed by atoms with E-state index in [1.54, 1.807) is 12.3 Å². The van der Waals surface area contributed by atoms with Crippen LogP contribution in [-0.2, 0) is 0 Å². The molecule has 0 aliphatic heterocycles. The van der Waals surface area contributed by atoms with Crippen molar-refractivity contribution in [2.75, 3.05) is 5.43 Å². The average molecular weight is 406 g/mol. The monoisotopic (exact) mass is 405 g/mol. The van der Waals surface area contributed by atoms with E-state index >= 15 is 0 Å². The predicted octanol–water partition coefficient (Wildman–Crippen LogP) is 5.72. The molecule has 0 atom stereocenters. The summed E-state index contributed by atoms with van der Waals surface area (Å²) in [5.41, 5.74) is 7.02. The van der Waals surface area contributed by atoms with Crippen LogP contribution in [0.5, 0.6) is 0 Å². The van der Waals surface area contributed by atoms with Crippen molar-refractivity contribution in [2.24, 2.45) is 5.10 Å². The smallest absolute Gasteiger partial charge is 0.210 e. The number of halogens is 2. The first-order valence-corrected chi connectivity index (χ1v) is 9.37. The van der Waals surface area contributed by atoms with E-state index < -0.39 is 0 Å².